The molecule has 2 heterocycles. The summed E-state index contributed by atoms with van der Waals surface area (Å²) in [7, 11) is 0. The first-order valence-corrected chi connectivity index (χ1v) is 9.80. The summed E-state index contributed by atoms with van der Waals surface area (Å²) in [4.78, 5) is 4.24. The van der Waals surface area contributed by atoms with Crippen LogP contribution >= 0.6 is 23.2 Å². The highest BCUT2D eigenvalue weighted by molar-refractivity contribution is 6.32. The van der Waals surface area contributed by atoms with Crippen molar-refractivity contribution in [3.05, 3.63) is 87.1 Å². The summed E-state index contributed by atoms with van der Waals surface area (Å²) in [6.45, 7) is 1.88. The fourth-order valence-corrected chi connectivity index (χ4v) is 3.31. The van der Waals surface area contributed by atoms with Crippen LogP contribution in [0.1, 0.15) is 22.6 Å². The molecule has 0 unspecified atom stereocenters. The highest BCUT2D eigenvalue weighted by Gasteiger charge is 2.19. The molecule has 0 N–H and O–H groups in total. The molecule has 0 aliphatic heterocycles. The Balaban J connectivity index is 1.62. The van der Waals surface area contributed by atoms with Crippen LogP contribution in [0.4, 0.5) is 4.39 Å². The Morgan fingerprint density at radius 2 is 2.00 bits per heavy atom. The average molecular weight is 455 g/mol. The fourth-order valence-electron chi connectivity index (χ4n) is 2.90. The monoisotopic (exact) mass is 454 g/mol. The first-order valence-electron chi connectivity index (χ1n) is 9.04. The second-order valence-electron chi connectivity index (χ2n) is 6.59. The Labute approximate surface area is 186 Å². The lowest BCUT2D eigenvalue weighted by Gasteiger charge is -2.11. The predicted molar refractivity (Wildman–Crippen MR) is 113 cm³/mol. The third-order valence-electron chi connectivity index (χ3n) is 4.37. The van der Waals surface area contributed by atoms with Crippen LogP contribution in [0.15, 0.2) is 53.1 Å². The van der Waals surface area contributed by atoms with Gasteiger partial charge >= 0.3 is 0 Å². The van der Waals surface area contributed by atoms with Crippen molar-refractivity contribution in [3.8, 4) is 29.2 Å². The molecule has 4 aromatic rings. The number of hydrogen-bond donors (Lipinski definition) is 0. The second-order valence-corrected chi connectivity index (χ2v) is 7.43. The predicted octanol–water partition coefficient (Wildman–Crippen LogP) is 6.14. The zero-order valence-electron chi connectivity index (χ0n) is 16.1. The smallest absolute Gasteiger partial charge is 0.266 e. The number of hydrogen-bond acceptors (Lipinski definition) is 6. The summed E-state index contributed by atoms with van der Waals surface area (Å²) >= 11 is 12.1. The van der Waals surface area contributed by atoms with Gasteiger partial charge in [0.15, 0.2) is 11.6 Å². The molecule has 0 spiro atoms. The molecule has 0 aliphatic carbocycles. The van der Waals surface area contributed by atoms with Crippen molar-refractivity contribution in [1.29, 1.82) is 5.26 Å². The van der Waals surface area contributed by atoms with E-state index in [1.807, 2.05) is 19.1 Å². The standard InChI is InChI=1S/C22H13Cl2FN4O2/c1-12-3-2-6-27-20(12)22-29-28-18(31-22)9-14-4-5-17(24)21(19(14)25)30-16-8-13(11-26)7-15(23)10-16/h2-8,10H,9H2,1H3. The van der Waals surface area contributed by atoms with Crippen LogP contribution in [-0.4, -0.2) is 15.2 Å². The summed E-state index contributed by atoms with van der Waals surface area (Å²) in [6.07, 6.45) is 1.65. The molecule has 2 aromatic carbocycles. The molecule has 0 aliphatic rings. The number of halogens is 3. The molecule has 6 nitrogen and oxygen atoms in total. The van der Waals surface area contributed by atoms with E-state index in [0.717, 1.165) is 5.56 Å². The van der Waals surface area contributed by atoms with Crippen molar-refractivity contribution >= 4 is 23.2 Å². The van der Waals surface area contributed by atoms with Crippen molar-refractivity contribution in [2.45, 2.75) is 13.3 Å². The Bertz CT molecular complexity index is 1320. The van der Waals surface area contributed by atoms with Gasteiger partial charge in [0.2, 0.25) is 5.89 Å². The van der Waals surface area contributed by atoms with Crippen LogP contribution in [0.5, 0.6) is 11.5 Å². The van der Waals surface area contributed by atoms with Crippen LogP contribution < -0.4 is 4.74 Å². The first kappa shape index (κ1) is 20.8. The van der Waals surface area contributed by atoms with E-state index in [0.29, 0.717) is 5.69 Å². The third kappa shape index (κ3) is 4.50. The first-order chi connectivity index (χ1) is 14.9. The van der Waals surface area contributed by atoms with Gasteiger partial charge in [-0.3, -0.25) is 4.98 Å². The summed E-state index contributed by atoms with van der Waals surface area (Å²) in [5, 5.41) is 17.4. The van der Waals surface area contributed by atoms with Gasteiger partial charge in [-0.05, 0) is 42.8 Å². The minimum absolute atomic E-state index is 0.0250. The number of rotatable bonds is 5. The van der Waals surface area contributed by atoms with E-state index in [4.69, 9.17) is 37.6 Å². The largest absolute Gasteiger partial charge is 0.453 e. The van der Waals surface area contributed by atoms with E-state index in [9.17, 15) is 0 Å². The van der Waals surface area contributed by atoms with Gasteiger partial charge in [0.1, 0.15) is 11.4 Å². The molecule has 154 valence electrons. The van der Waals surface area contributed by atoms with Crippen LogP contribution in [0.25, 0.3) is 11.6 Å². The van der Waals surface area contributed by atoms with Gasteiger partial charge in [0.05, 0.1) is 23.1 Å². The van der Waals surface area contributed by atoms with Crippen LogP contribution in [0, 0.1) is 24.1 Å². The van der Waals surface area contributed by atoms with Crippen molar-refractivity contribution < 1.29 is 13.5 Å². The Morgan fingerprint density at radius 1 is 1.16 bits per heavy atom. The molecule has 0 saturated carbocycles. The lowest BCUT2D eigenvalue weighted by atomic mass is 10.1. The Hall–Kier alpha value is -3.47. The number of ether oxygens (including phenoxy) is 1. The lowest BCUT2D eigenvalue weighted by Crippen LogP contribution is -1.98. The zero-order chi connectivity index (χ0) is 22.0. The molecule has 4 rings (SSSR count). The highest BCUT2D eigenvalue weighted by atomic mass is 35.5. The van der Waals surface area contributed by atoms with Gasteiger partial charge in [0.25, 0.3) is 5.89 Å². The van der Waals surface area contributed by atoms with Crippen LogP contribution in [-0.2, 0) is 6.42 Å². The molecule has 2 aromatic heterocycles. The summed E-state index contributed by atoms with van der Waals surface area (Å²) in [5.74, 6) is -0.221. The summed E-state index contributed by atoms with van der Waals surface area (Å²) in [5.41, 5.74) is 1.97. The molecule has 9 heteroatoms. The molecule has 31 heavy (non-hydrogen) atoms. The van der Waals surface area contributed by atoms with Gasteiger partial charge < -0.3 is 9.15 Å². The normalized spacial score (nSPS) is 10.7. The Kier molecular flexibility index (Phi) is 5.85. The number of pyridine rings is 1. The van der Waals surface area contributed by atoms with E-state index in [1.165, 1.54) is 30.3 Å². The maximum absolute atomic E-state index is 15.2. The topological polar surface area (TPSA) is 84.8 Å². The van der Waals surface area contributed by atoms with Gasteiger partial charge in [-0.25, -0.2) is 4.39 Å². The number of aryl methyl sites for hydroxylation is 1. The molecule has 0 saturated heterocycles. The fraction of sp³-hybridized carbons (Fsp3) is 0.0909. The second kappa shape index (κ2) is 8.72. The molecule has 0 fully saturated rings. The van der Waals surface area contributed by atoms with Crippen molar-refractivity contribution in [1.82, 2.24) is 15.2 Å². The maximum Gasteiger partial charge on any atom is 0.266 e. The summed E-state index contributed by atoms with van der Waals surface area (Å²) in [6, 6.07) is 13.0. The maximum atomic E-state index is 15.2. The number of aromatic nitrogens is 3. The van der Waals surface area contributed by atoms with Crippen molar-refractivity contribution in [2.75, 3.05) is 0 Å². The molecule has 0 atom stereocenters. The zero-order valence-corrected chi connectivity index (χ0v) is 17.6. The SMILES string of the molecule is Cc1cccnc1-c1nnc(Cc2ccc(Cl)c(Oc3cc(Cl)cc(C#N)c3)c2F)o1. The van der Waals surface area contributed by atoms with Gasteiger partial charge in [-0.1, -0.05) is 35.3 Å². The number of benzene rings is 2. The average Bonchev–Trinajstić information content (AvgIpc) is 3.21. The minimum atomic E-state index is -0.681. The van der Waals surface area contributed by atoms with Crippen molar-refractivity contribution in [3.63, 3.8) is 0 Å². The minimum Gasteiger partial charge on any atom is -0.453 e. The van der Waals surface area contributed by atoms with Crippen LogP contribution in [0.2, 0.25) is 10.0 Å². The molecule has 0 radical (unpaired) electrons. The van der Waals surface area contributed by atoms with Crippen molar-refractivity contribution in [2.24, 2.45) is 0 Å². The number of nitriles is 1. The van der Waals surface area contributed by atoms with E-state index in [-0.39, 0.29) is 50.9 Å². The molecular formula is C22H13Cl2FN4O2. The highest BCUT2D eigenvalue weighted by Crippen LogP contribution is 2.36. The van der Waals surface area contributed by atoms with Gasteiger partial charge in [-0.15, -0.1) is 10.2 Å². The van der Waals surface area contributed by atoms with Gasteiger partial charge in [-0.2, -0.15) is 5.26 Å². The van der Waals surface area contributed by atoms with E-state index in [2.05, 4.69) is 15.2 Å². The van der Waals surface area contributed by atoms with Crippen LogP contribution in [0.3, 0.4) is 0 Å². The molecule has 0 bridgehead atoms. The van der Waals surface area contributed by atoms with E-state index >= 15 is 4.39 Å². The lowest BCUT2D eigenvalue weighted by molar-refractivity contribution is 0.437. The van der Waals surface area contributed by atoms with Gasteiger partial charge in [0, 0.05) is 16.8 Å². The van der Waals surface area contributed by atoms with E-state index < -0.39 is 5.82 Å². The van der Waals surface area contributed by atoms with E-state index in [1.54, 1.807) is 12.3 Å². The summed E-state index contributed by atoms with van der Waals surface area (Å²) < 4.78 is 26.4. The third-order valence-corrected chi connectivity index (χ3v) is 4.89. The molecular weight excluding hydrogens is 442 g/mol. The quantitative estimate of drug-likeness (QED) is 0.359. The Morgan fingerprint density at radius 3 is 2.77 bits per heavy atom. The molecule has 0 amide bonds. The number of nitrogens with zero attached hydrogens (tertiary/aromatic N) is 4.